The number of thiazole rings is 1. The average molecular weight is 511 g/mol. The van der Waals surface area contributed by atoms with Crippen LogP contribution in [0.4, 0.5) is 17.6 Å². The van der Waals surface area contributed by atoms with Crippen molar-refractivity contribution in [1.82, 2.24) is 20.3 Å². The molecular formula is C23H22F4N4O3S. The standard InChI is InChI=1S/C23H22F4N4O3S/c1-12-8-28-21(35-12)18-7-16(34-11-15-4-3-5-33-15)6-17(19(18)24)20(32)31-13(2)14-9-29-22(30-10-14)23(25,26)27/h6-10,13,15H,3-5,11H2,1-2H3,(H,31,32)/t13-,15-/m1/s1. The number of carbonyl (C=O) groups excluding carboxylic acids is 1. The van der Waals surface area contributed by atoms with E-state index in [1.165, 1.54) is 30.4 Å². The van der Waals surface area contributed by atoms with Crippen molar-refractivity contribution >= 4 is 17.2 Å². The Balaban J connectivity index is 1.58. The highest BCUT2D eigenvalue weighted by molar-refractivity contribution is 7.14. The second-order valence-corrected chi connectivity index (χ2v) is 9.32. The Hall–Kier alpha value is -3.12. The zero-order chi connectivity index (χ0) is 25.2. The number of hydrogen-bond donors (Lipinski definition) is 1. The van der Waals surface area contributed by atoms with Crippen LogP contribution >= 0.6 is 11.3 Å². The van der Waals surface area contributed by atoms with Gasteiger partial charge in [-0.25, -0.2) is 19.3 Å². The SMILES string of the molecule is Cc1cnc(-c2cc(OC[C@H]3CCCO3)cc(C(=O)N[C@H](C)c3cnc(C(F)(F)F)nc3)c2F)s1. The number of alkyl halides is 3. The molecule has 1 aliphatic rings. The van der Waals surface area contributed by atoms with E-state index in [1.807, 2.05) is 6.92 Å². The summed E-state index contributed by atoms with van der Waals surface area (Å²) in [5, 5.41) is 2.97. The van der Waals surface area contributed by atoms with E-state index in [9.17, 15) is 18.0 Å². The first kappa shape index (κ1) is 25.0. The summed E-state index contributed by atoms with van der Waals surface area (Å²) < 4.78 is 65.0. The molecule has 2 atom stereocenters. The van der Waals surface area contributed by atoms with Crippen LogP contribution in [0, 0.1) is 12.7 Å². The minimum atomic E-state index is -4.68. The van der Waals surface area contributed by atoms with E-state index < -0.39 is 29.8 Å². The molecule has 0 bridgehead atoms. The van der Waals surface area contributed by atoms with Gasteiger partial charge >= 0.3 is 6.18 Å². The molecule has 1 aromatic carbocycles. The second kappa shape index (κ2) is 10.2. The van der Waals surface area contributed by atoms with Crippen LogP contribution in [0.25, 0.3) is 10.6 Å². The lowest BCUT2D eigenvalue weighted by Crippen LogP contribution is -2.28. The van der Waals surface area contributed by atoms with Gasteiger partial charge in [-0.05, 0) is 38.8 Å². The summed E-state index contributed by atoms with van der Waals surface area (Å²) in [6, 6.07) is 2.00. The van der Waals surface area contributed by atoms with Crippen LogP contribution in [0.5, 0.6) is 5.75 Å². The van der Waals surface area contributed by atoms with E-state index in [2.05, 4.69) is 20.3 Å². The third-order valence-electron chi connectivity index (χ3n) is 5.38. The molecule has 1 aliphatic heterocycles. The van der Waals surface area contributed by atoms with E-state index in [0.717, 1.165) is 30.1 Å². The third kappa shape index (κ3) is 5.93. The van der Waals surface area contributed by atoms with E-state index >= 15 is 4.39 Å². The van der Waals surface area contributed by atoms with Gasteiger partial charge in [0.2, 0.25) is 5.82 Å². The number of aromatic nitrogens is 3. The van der Waals surface area contributed by atoms with Crippen LogP contribution < -0.4 is 10.1 Å². The van der Waals surface area contributed by atoms with Gasteiger partial charge in [0.1, 0.15) is 23.2 Å². The van der Waals surface area contributed by atoms with Crippen molar-refractivity contribution in [2.75, 3.05) is 13.2 Å². The molecule has 4 rings (SSSR count). The normalized spacial score (nSPS) is 16.8. The first-order valence-electron chi connectivity index (χ1n) is 10.8. The van der Waals surface area contributed by atoms with Crippen LogP contribution in [0.15, 0.2) is 30.7 Å². The van der Waals surface area contributed by atoms with Crippen molar-refractivity contribution < 1.29 is 31.8 Å². The van der Waals surface area contributed by atoms with E-state index in [1.54, 1.807) is 6.20 Å². The average Bonchev–Trinajstić information content (AvgIpc) is 3.49. The summed E-state index contributed by atoms with van der Waals surface area (Å²) in [5.74, 6) is -2.56. The minimum absolute atomic E-state index is 0.0809. The molecule has 1 saturated heterocycles. The van der Waals surface area contributed by atoms with Gasteiger partial charge in [-0.1, -0.05) is 0 Å². The van der Waals surface area contributed by atoms with Gasteiger partial charge in [-0.2, -0.15) is 13.2 Å². The maximum atomic E-state index is 15.5. The fourth-order valence-corrected chi connectivity index (χ4v) is 4.29. The molecule has 186 valence electrons. The molecule has 0 spiro atoms. The van der Waals surface area contributed by atoms with Gasteiger partial charge in [-0.3, -0.25) is 4.79 Å². The Morgan fingerprint density at radius 3 is 2.60 bits per heavy atom. The fraction of sp³-hybridized carbons (Fsp3) is 0.391. The molecule has 1 fully saturated rings. The topological polar surface area (TPSA) is 86.2 Å². The van der Waals surface area contributed by atoms with Gasteiger partial charge < -0.3 is 14.8 Å². The lowest BCUT2D eigenvalue weighted by molar-refractivity contribution is -0.145. The largest absolute Gasteiger partial charge is 0.491 e. The summed E-state index contributed by atoms with van der Waals surface area (Å²) in [4.78, 5) is 24.7. The number of rotatable bonds is 7. The lowest BCUT2D eigenvalue weighted by atomic mass is 10.1. The Bertz CT molecular complexity index is 1190. The molecule has 7 nitrogen and oxygen atoms in total. The first-order chi connectivity index (χ1) is 16.6. The van der Waals surface area contributed by atoms with E-state index in [0.29, 0.717) is 11.6 Å². The number of carbonyl (C=O) groups is 1. The molecule has 35 heavy (non-hydrogen) atoms. The number of ether oxygens (including phenoxy) is 2. The monoisotopic (exact) mass is 510 g/mol. The predicted octanol–water partition coefficient (Wildman–Crippen LogP) is 5.12. The molecule has 12 heteroatoms. The van der Waals surface area contributed by atoms with E-state index in [-0.39, 0.29) is 35.2 Å². The molecule has 0 saturated carbocycles. The Labute approximate surface area is 202 Å². The molecule has 1 amide bonds. The zero-order valence-electron chi connectivity index (χ0n) is 18.9. The number of hydrogen-bond acceptors (Lipinski definition) is 7. The summed E-state index contributed by atoms with van der Waals surface area (Å²) >= 11 is 1.27. The lowest BCUT2D eigenvalue weighted by Gasteiger charge is -2.17. The second-order valence-electron chi connectivity index (χ2n) is 8.09. The highest BCUT2D eigenvalue weighted by Crippen LogP contribution is 2.33. The van der Waals surface area contributed by atoms with Crippen LogP contribution in [0.3, 0.4) is 0 Å². The maximum absolute atomic E-state index is 15.5. The smallest absolute Gasteiger partial charge is 0.451 e. The highest BCUT2D eigenvalue weighted by Gasteiger charge is 2.34. The number of aryl methyl sites for hydroxylation is 1. The number of nitrogens with zero attached hydrogens (tertiary/aromatic N) is 3. The highest BCUT2D eigenvalue weighted by atomic mass is 32.1. The number of amides is 1. The third-order valence-corrected chi connectivity index (χ3v) is 6.32. The van der Waals surface area contributed by atoms with Crippen LogP contribution in [0.1, 0.15) is 52.4 Å². The predicted molar refractivity (Wildman–Crippen MR) is 120 cm³/mol. The maximum Gasteiger partial charge on any atom is 0.451 e. The van der Waals surface area contributed by atoms with Gasteiger partial charge in [-0.15, -0.1) is 11.3 Å². The molecule has 0 radical (unpaired) electrons. The quantitative estimate of drug-likeness (QED) is 0.445. The van der Waals surface area contributed by atoms with Crippen molar-refractivity contribution in [2.45, 2.75) is 45.0 Å². The van der Waals surface area contributed by atoms with Crippen molar-refractivity contribution in [3.05, 3.63) is 58.4 Å². The van der Waals surface area contributed by atoms with Gasteiger partial charge in [0, 0.05) is 35.6 Å². The Morgan fingerprint density at radius 1 is 1.26 bits per heavy atom. The number of halogens is 4. The number of benzene rings is 1. The summed E-state index contributed by atoms with van der Waals surface area (Å²) in [6.45, 7) is 4.27. The number of nitrogens with one attached hydrogen (secondary N) is 1. The van der Waals surface area contributed by atoms with Crippen LogP contribution in [-0.2, 0) is 10.9 Å². The summed E-state index contributed by atoms with van der Waals surface area (Å²) in [7, 11) is 0. The Morgan fingerprint density at radius 2 is 2.00 bits per heavy atom. The molecular weight excluding hydrogens is 488 g/mol. The summed E-state index contributed by atoms with van der Waals surface area (Å²) in [5.41, 5.74) is 0.0642. The van der Waals surface area contributed by atoms with Crippen LogP contribution in [-0.4, -0.2) is 40.2 Å². The molecule has 0 aliphatic carbocycles. The van der Waals surface area contributed by atoms with Gasteiger partial charge in [0.05, 0.1) is 23.3 Å². The van der Waals surface area contributed by atoms with Crippen LogP contribution in [0.2, 0.25) is 0 Å². The zero-order valence-corrected chi connectivity index (χ0v) is 19.7. The minimum Gasteiger partial charge on any atom is -0.491 e. The molecule has 2 aromatic heterocycles. The Kier molecular flexibility index (Phi) is 7.31. The van der Waals surface area contributed by atoms with Crippen molar-refractivity contribution in [2.24, 2.45) is 0 Å². The fourth-order valence-electron chi connectivity index (χ4n) is 3.51. The van der Waals surface area contributed by atoms with Gasteiger partial charge in [0.15, 0.2) is 0 Å². The molecule has 3 aromatic rings. The first-order valence-corrected chi connectivity index (χ1v) is 11.6. The molecule has 1 N–H and O–H groups in total. The molecule has 0 unspecified atom stereocenters. The van der Waals surface area contributed by atoms with Gasteiger partial charge in [0.25, 0.3) is 5.91 Å². The van der Waals surface area contributed by atoms with E-state index in [4.69, 9.17) is 9.47 Å². The molecule has 3 heterocycles. The van der Waals surface area contributed by atoms with Crippen molar-refractivity contribution in [1.29, 1.82) is 0 Å². The summed E-state index contributed by atoms with van der Waals surface area (Å²) in [6.07, 6.45) is 0.570. The van der Waals surface area contributed by atoms with Crippen molar-refractivity contribution in [3.63, 3.8) is 0 Å². The van der Waals surface area contributed by atoms with Crippen molar-refractivity contribution in [3.8, 4) is 16.3 Å².